The summed E-state index contributed by atoms with van der Waals surface area (Å²) in [5, 5.41) is 0. The Labute approximate surface area is 151 Å². The minimum Gasteiger partial charge on any atom is -0.377 e. The number of hydrogen-bond acceptors (Lipinski definition) is 4. The van der Waals surface area contributed by atoms with Gasteiger partial charge in [0.05, 0.1) is 13.2 Å². The maximum absolute atomic E-state index is 12.7. The molecule has 0 aromatic heterocycles. The predicted octanol–water partition coefficient (Wildman–Crippen LogP) is 2.52. The van der Waals surface area contributed by atoms with Gasteiger partial charge >= 0.3 is 15.5 Å². The zero-order valence-corrected chi connectivity index (χ0v) is 15.1. The first-order valence-electron chi connectivity index (χ1n) is 8.26. The van der Waals surface area contributed by atoms with Crippen molar-refractivity contribution in [2.45, 2.75) is 24.5 Å². The third kappa shape index (κ3) is 5.80. The first kappa shape index (κ1) is 20.9. The summed E-state index contributed by atoms with van der Waals surface area (Å²) in [5.74, 6) is -0.385. The molecule has 0 aliphatic carbocycles. The summed E-state index contributed by atoms with van der Waals surface area (Å²) in [6.07, 6.45) is 1.82. The van der Waals surface area contributed by atoms with E-state index in [4.69, 9.17) is 4.74 Å². The van der Waals surface area contributed by atoms with Crippen LogP contribution in [0, 0.1) is 5.92 Å². The number of nitrogens with zero attached hydrogens (tertiary/aromatic N) is 1. The van der Waals surface area contributed by atoms with Gasteiger partial charge in [-0.15, -0.1) is 6.58 Å². The van der Waals surface area contributed by atoms with Crippen molar-refractivity contribution < 1.29 is 26.3 Å². The lowest BCUT2D eigenvalue weighted by Gasteiger charge is -2.38. The van der Waals surface area contributed by atoms with Gasteiger partial charge in [0.15, 0.2) is 0 Å². The SMILES string of the molecule is C=CCOC[C@@H]1CN(Cc2ccccc2)CC[C@@H]1NS(=O)(=O)C(F)(F)F. The predicted molar refractivity (Wildman–Crippen MR) is 92.7 cm³/mol. The monoisotopic (exact) mass is 392 g/mol. The summed E-state index contributed by atoms with van der Waals surface area (Å²) >= 11 is 0. The molecular formula is C17H23F3N2O3S. The Morgan fingerprint density at radius 3 is 2.62 bits per heavy atom. The quantitative estimate of drug-likeness (QED) is 0.546. The minimum atomic E-state index is -5.38. The fourth-order valence-electron chi connectivity index (χ4n) is 2.99. The number of halogens is 3. The minimum absolute atomic E-state index is 0.155. The molecule has 1 fully saturated rings. The third-order valence-electron chi connectivity index (χ3n) is 4.25. The number of likely N-dealkylation sites (tertiary alicyclic amines) is 1. The molecule has 1 N–H and O–H groups in total. The van der Waals surface area contributed by atoms with Crippen LogP contribution in [0.15, 0.2) is 43.0 Å². The van der Waals surface area contributed by atoms with Gasteiger partial charge in [-0.05, 0) is 12.0 Å². The van der Waals surface area contributed by atoms with Gasteiger partial charge in [-0.2, -0.15) is 13.2 Å². The van der Waals surface area contributed by atoms with Gasteiger partial charge in [-0.1, -0.05) is 36.4 Å². The maximum Gasteiger partial charge on any atom is 0.511 e. The van der Waals surface area contributed by atoms with Gasteiger partial charge in [0, 0.05) is 31.6 Å². The second-order valence-corrected chi connectivity index (χ2v) is 7.97. The molecule has 26 heavy (non-hydrogen) atoms. The van der Waals surface area contributed by atoms with Crippen LogP contribution in [0.25, 0.3) is 0 Å². The van der Waals surface area contributed by atoms with Crippen LogP contribution in [0.3, 0.4) is 0 Å². The van der Waals surface area contributed by atoms with Crippen LogP contribution in [-0.2, 0) is 21.3 Å². The van der Waals surface area contributed by atoms with Crippen molar-refractivity contribution in [3.05, 3.63) is 48.6 Å². The molecule has 2 atom stereocenters. The third-order valence-corrected chi connectivity index (χ3v) is 5.47. The molecule has 0 bridgehead atoms. The van der Waals surface area contributed by atoms with Crippen molar-refractivity contribution in [2.24, 2.45) is 5.92 Å². The zero-order valence-electron chi connectivity index (χ0n) is 14.3. The Hall–Kier alpha value is -1.42. The van der Waals surface area contributed by atoms with E-state index >= 15 is 0 Å². The molecule has 2 rings (SSSR count). The van der Waals surface area contributed by atoms with E-state index in [9.17, 15) is 21.6 Å². The molecule has 1 aliphatic heterocycles. The summed E-state index contributed by atoms with van der Waals surface area (Å²) in [5.41, 5.74) is -4.23. The van der Waals surface area contributed by atoms with E-state index in [1.807, 2.05) is 35.1 Å². The lowest BCUT2D eigenvalue weighted by atomic mass is 9.93. The van der Waals surface area contributed by atoms with Crippen molar-refractivity contribution in [3.8, 4) is 0 Å². The molecule has 146 valence electrons. The number of piperidine rings is 1. The smallest absolute Gasteiger partial charge is 0.377 e. The Morgan fingerprint density at radius 1 is 1.31 bits per heavy atom. The summed E-state index contributed by atoms with van der Waals surface area (Å²) in [7, 11) is -5.38. The van der Waals surface area contributed by atoms with Crippen molar-refractivity contribution in [2.75, 3.05) is 26.3 Å². The van der Waals surface area contributed by atoms with E-state index < -0.39 is 21.6 Å². The van der Waals surface area contributed by atoms with E-state index in [1.165, 1.54) is 0 Å². The highest BCUT2D eigenvalue weighted by atomic mass is 32.2. The summed E-state index contributed by atoms with van der Waals surface area (Å²) in [6, 6.07) is 8.88. The molecule has 0 amide bonds. The number of ether oxygens (including phenoxy) is 1. The maximum atomic E-state index is 12.7. The first-order valence-corrected chi connectivity index (χ1v) is 9.75. The second-order valence-electron chi connectivity index (χ2n) is 6.27. The van der Waals surface area contributed by atoms with Crippen molar-refractivity contribution >= 4 is 10.0 Å². The van der Waals surface area contributed by atoms with Gasteiger partial charge in [-0.25, -0.2) is 13.1 Å². The average Bonchev–Trinajstić information content (AvgIpc) is 2.57. The van der Waals surface area contributed by atoms with Crippen molar-refractivity contribution in [3.63, 3.8) is 0 Å². The fraction of sp³-hybridized carbons (Fsp3) is 0.529. The highest BCUT2D eigenvalue weighted by Gasteiger charge is 2.48. The summed E-state index contributed by atoms with van der Waals surface area (Å²) in [6.45, 7) is 5.53. The van der Waals surface area contributed by atoms with E-state index in [0.29, 0.717) is 19.6 Å². The largest absolute Gasteiger partial charge is 0.511 e. The molecule has 5 nitrogen and oxygen atoms in total. The van der Waals surface area contributed by atoms with Crippen LogP contribution in [0.4, 0.5) is 13.2 Å². The highest BCUT2D eigenvalue weighted by molar-refractivity contribution is 7.90. The van der Waals surface area contributed by atoms with Crippen molar-refractivity contribution in [1.82, 2.24) is 9.62 Å². The van der Waals surface area contributed by atoms with Gasteiger partial charge < -0.3 is 4.74 Å². The number of nitrogens with one attached hydrogen (secondary N) is 1. The fourth-order valence-corrected chi connectivity index (χ4v) is 3.83. The Morgan fingerprint density at radius 2 is 2.00 bits per heavy atom. The molecule has 0 radical (unpaired) electrons. The number of alkyl halides is 3. The standard InChI is InChI=1S/C17H23F3N2O3S/c1-2-10-25-13-15-12-22(11-14-6-4-3-5-7-14)9-8-16(15)21-26(23,24)17(18,19)20/h2-7,15-16,21H,1,8-13H2/t15-,16-/m0/s1. The van der Waals surface area contributed by atoms with E-state index in [2.05, 4.69) is 11.5 Å². The van der Waals surface area contributed by atoms with Crippen LogP contribution >= 0.6 is 0 Å². The Bertz CT molecular complexity index is 680. The molecule has 0 spiro atoms. The number of sulfonamides is 1. The normalized spacial score (nSPS) is 22.3. The molecule has 0 unspecified atom stereocenters. The van der Waals surface area contributed by atoms with Crippen LogP contribution in [0.2, 0.25) is 0 Å². The van der Waals surface area contributed by atoms with Gasteiger partial charge in [-0.3, -0.25) is 4.90 Å². The molecule has 9 heteroatoms. The lowest BCUT2D eigenvalue weighted by Crippen LogP contribution is -2.54. The number of benzene rings is 1. The number of hydrogen-bond donors (Lipinski definition) is 1. The molecular weight excluding hydrogens is 369 g/mol. The second kappa shape index (κ2) is 8.98. The molecule has 1 saturated heterocycles. The van der Waals surface area contributed by atoms with Crippen LogP contribution in [0.5, 0.6) is 0 Å². The van der Waals surface area contributed by atoms with E-state index in [-0.39, 0.29) is 25.6 Å². The Balaban J connectivity index is 2.05. The van der Waals surface area contributed by atoms with Crippen LogP contribution < -0.4 is 4.72 Å². The molecule has 1 heterocycles. The molecule has 0 saturated carbocycles. The topological polar surface area (TPSA) is 58.6 Å². The molecule has 1 aliphatic rings. The van der Waals surface area contributed by atoms with E-state index in [1.54, 1.807) is 6.08 Å². The van der Waals surface area contributed by atoms with E-state index in [0.717, 1.165) is 5.56 Å². The summed E-state index contributed by atoms with van der Waals surface area (Å²) < 4.78 is 68.2. The molecule has 1 aromatic rings. The van der Waals surface area contributed by atoms with Gasteiger partial charge in [0.1, 0.15) is 0 Å². The number of rotatable bonds is 8. The summed E-state index contributed by atoms with van der Waals surface area (Å²) in [4.78, 5) is 2.09. The average molecular weight is 392 g/mol. The lowest BCUT2D eigenvalue weighted by molar-refractivity contribution is -0.0459. The first-order chi connectivity index (χ1) is 12.2. The zero-order chi connectivity index (χ0) is 19.2. The Kier molecular flexibility index (Phi) is 7.22. The van der Waals surface area contributed by atoms with Gasteiger partial charge in [0.2, 0.25) is 0 Å². The highest BCUT2D eigenvalue weighted by Crippen LogP contribution is 2.26. The van der Waals surface area contributed by atoms with Crippen LogP contribution in [0.1, 0.15) is 12.0 Å². The molecule has 1 aromatic carbocycles. The van der Waals surface area contributed by atoms with Crippen molar-refractivity contribution in [1.29, 1.82) is 0 Å². The van der Waals surface area contributed by atoms with Crippen LogP contribution in [-0.4, -0.2) is 51.2 Å². The van der Waals surface area contributed by atoms with Gasteiger partial charge in [0.25, 0.3) is 0 Å².